The number of unbranched alkanes of at least 4 members (excludes halogenated alkanes) is 5. The van der Waals surface area contributed by atoms with Crippen molar-refractivity contribution in [2.45, 2.75) is 64.0 Å². The minimum atomic E-state index is -0.663. The molecule has 16 heavy (non-hydrogen) atoms. The van der Waals surface area contributed by atoms with Crippen molar-refractivity contribution in [1.82, 2.24) is 5.32 Å². The molecule has 0 amide bonds. The van der Waals surface area contributed by atoms with Gasteiger partial charge in [0.15, 0.2) is 0 Å². The average Bonchev–Trinajstić information content (AvgIpc) is 2.26. The fraction of sp³-hybridized carbons (Fsp3) is 1.00. The highest BCUT2D eigenvalue weighted by atomic mass is 32.2. The van der Waals surface area contributed by atoms with E-state index in [1.54, 1.807) is 6.26 Å². The van der Waals surface area contributed by atoms with Crippen LogP contribution in [0, 0.1) is 0 Å². The first-order valence-corrected chi connectivity index (χ1v) is 8.33. The van der Waals surface area contributed by atoms with Crippen molar-refractivity contribution in [3.05, 3.63) is 0 Å². The minimum Gasteiger partial charge on any atom is -0.317 e. The standard InChI is InChI=1S/C13H29NOS/c1-4-5-6-7-8-9-11-14-12-10-13(2)16(3)15/h13-14H,4-12H2,1-3H3. The van der Waals surface area contributed by atoms with E-state index in [2.05, 4.69) is 19.2 Å². The monoisotopic (exact) mass is 247 g/mol. The Balaban J connectivity index is 3.07. The topological polar surface area (TPSA) is 29.1 Å². The first kappa shape index (κ1) is 16.1. The molecule has 0 aliphatic rings. The van der Waals surface area contributed by atoms with Crippen LogP contribution in [0.15, 0.2) is 0 Å². The zero-order chi connectivity index (χ0) is 12.2. The number of hydrogen-bond donors (Lipinski definition) is 1. The molecule has 0 aromatic heterocycles. The van der Waals surface area contributed by atoms with E-state index in [4.69, 9.17) is 0 Å². The van der Waals surface area contributed by atoms with E-state index < -0.39 is 10.8 Å². The Morgan fingerprint density at radius 3 is 2.31 bits per heavy atom. The molecule has 98 valence electrons. The summed E-state index contributed by atoms with van der Waals surface area (Å²) in [7, 11) is -0.663. The van der Waals surface area contributed by atoms with Crippen LogP contribution in [0.4, 0.5) is 0 Å². The van der Waals surface area contributed by atoms with E-state index >= 15 is 0 Å². The predicted octanol–water partition coefficient (Wildman–Crippen LogP) is 3.09. The molecule has 0 heterocycles. The summed E-state index contributed by atoms with van der Waals surface area (Å²) in [4.78, 5) is 0. The third-order valence-corrected chi connectivity index (χ3v) is 4.37. The molecule has 0 radical (unpaired) electrons. The molecule has 0 aromatic carbocycles. The van der Waals surface area contributed by atoms with Crippen LogP contribution >= 0.6 is 0 Å². The molecule has 0 fully saturated rings. The molecule has 0 rings (SSSR count). The highest BCUT2D eigenvalue weighted by Crippen LogP contribution is 2.04. The van der Waals surface area contributed by atoms with Crippen LogP contribution in [0.25, 0.3) is 0 Å². The summed E-state index contributed by atoms with van der Waals surface area (Å²) >= 11 is 0. The second kappa shape index (κ2) is 11.6. The lowest BCUT2D eigenvalue weighted by Gasteiger charge is -2.08. The van der Waals surface area contributed by atoms with Crippen LogP contribution in [0.3, 0.4) is 0 Å². The van der Waals surface area contributed by atoms with E-state index in [-0.39, 0.29) is 0 Å². The molecular weight excluding hydrogens is 218 g/mol. The molecule has 2 atom stereocenters. The van der Waals surface area contributed by atoms with Crippen molar-refractivity contribution in [2.75, 3.05) is 19.3 Å². The first-order chi connectivity index (χ1) is 7.68. The van der Waals surface area contributed by atoms with Gasteiger partial charge in [-0.3, -0.25) is 4.21 Å². The Morgan fingerprint density at radius 2 is 1.69 bits per heavy atom. The summed E-state index contributed by atoms with van der Waals surface area (Å²) in [5, 5.41) is 3.76. The van der Waals surface area contributed by atoms with Gasteiger partial charge in [0.25, 0.3) is 0 Å². The van der Waals surface area contributed by atoms with Gasteiger partial charge in [-0.25, -0.2) is 0 Å². The summed E-state index contributed by atoms with van der Waals surface area (Å²) in [5.74, 6) is 0. The second-order valence-corrected chi connectivity index (χ2v) is 6.42. The summed E-state index contributed by atoms with van der Waals surface area (Å²) in [6, 6.07) is 0. The van der Waals surface area contributed by atoms with Gasteiger partial charge in [-0.1, -0.05) is 46.0 Å². The largest absolute Gasteiger partial charge is 0.317 e. The molecule has 0 spiro atoms. The third kappa shape index (κ3) is 10.6. The van der Waals surface area contributed by atoms with Crippen LogP contribution in [-0.4, -0.2) is 28.8 Å². The summed E-state index contributed by atoms with van der Waals surface area (Å²) in [5.41, 5.74) is 0. The normalized spacial score (nSPS) is 14.9. The van der Waals surface area contributed by atoms with Gasteiger partial charge >= 0.3 is 0 Å². The number of hydrogen-bond acceptors (Lipinski definition) is 2. The van der Waals surface area contributed by atoms with Crippen molar-refractivity contribution in [3.8, 4) is 0 Å². The second-order valence-electron chi connectivity index (χ2n) is 4.62. The lowest BCUT2D eigenvalue weighted by atomic mass is 10.1. The van der Waals surface area contributed by atoms with E-state index in [1.807, 2.05) is 0 Å². The van der Waals surface area contributed by atoms with Gasteiger partial charge in [-0.05, 0) is 25.9 Å². The fourth-order valence-electron chi connectivity index (χ4n) is 1.63. The molecule has 0 saturated heterocycles. The van der Waals surface area contributed by atoms with E-state index in [0.717, 1.165) is 19.5 Å². The van der Waals surface area contributed by atoms with Crippen LogP contribution < -0.4 is 5.32 Å². The number of nitrogens with one attached hydrogen (secondary N) is 1. The van der Waals surface area contributed by atoms with E-state index in [9.17, 15) is 4.21 Å². The van der Waals surface area contributed by atoms with Gasteiger partial charge in [0.1, 0.15) is 0 Å². The zero-order valence-electron chi connectivity index (χ0n) is 11.3. The number of rotatable bonds is 11. The highest BCUT2D eigenvalue weighted by molar-refractivity contribution is 7.84. The van der Waals surface area contributed by atoms with Crippen LogP contribution in [0.2, 0.25) is 0 Å². The molecule has 2 nitrogen and oxygen atoms in total. The Morgan fingerprint density at radius 1 is 1.06 bits per heavy atom. The average molecular weight is 247 g/mol. The maximum absolute atomic E-state index is 11.1. The van der Waals surface area contributed by atoms with Crippen molar-refractivity contribution < 1.29 is 4.21 Å². The maximum atomic E-state index is 11.1. The van der Waals surface area contributed by atoms with Crippen LogP contribution in [0.5, 0.6) is 0 Å². The SMILES string of the molecule is CCCCCCCCNCCC(C)S(C)=O. The molecule has 0 aromatic rings. The van der Waals surface area contributed by atoms with Crippen molar-refractivity contribution in [2.24, 2.45) is 0 Å². The van der Waals surface area contributed by atoms with Crippen molar-refractivity contribution in [1.29, 1.82) is 0 Å². The van der Waals surface area contributed by atoms with Gasteiger partial charge in [-0.15, -0.1) is 0 Å². The predicted molar refractivity (Wildman–Crippen MR) is 74.4 cm³/mol. The Labute approximate surface area is 104 Å². The Kier molecular flexibility index (Phi) is 11.7. The summed E-state index contributed by atoms with van der Waals surface area (Å²) in [6.45, 7) is 6.44. The third-order valence-electron chi connectivity index (χ3n) is 3.00. The molecular formula is C13H29NOS. The van der Waals surface area contributed by atoms with Crippen molar-refractivity contribution in [3.63, 3.8) is 0 Å². The van der Waals surface area contributed by atoms with E-state index in [0.29, 0.717) is 5.25 Å². The fourth-order valence-corrected chi connectivity index (χ4v) is 2.08. The van der Waals surface area contributed by atoms with Gasteiger partial charge in [0, 0.05) is 22.3 Å². The lowest BCUT2D eigenvalue weighted by molar-refractivity contribution is 0.562. The molecule has 0 aliphatic heterocycles. The van der Waals surface area contributed by atoms with Crippen LogP contribution in [-0.2, 0) is 10.8 Å². The molecule has 3 heteroatoms. The molecule has 2 unspecified atom stereocenters. The maximum Gasteiger partial charge on any atom is 0.0329 e. The summed E-state index contributed by atoms with van der Waals surface area (Å²) < 4.78 is 11.1. The van der Waals surface area contributed by atoms with Gasteiger partial charge in [-0.2, -0.15) is 0 Å². The lowest BCUT2D eigenvalue weighted by Crippen LogP contribution is -2.22. The van der Waals surface area contributed by atoms with Gasteiger partial charge in [0.05, 0.1) is 0 Å². The summed E-state index contributed by atoms with van der Waals surface area (Å²) in [6.07, 6.45) is 10.9. The van der Waals surface area contributed by atoms with Gasteiger partial charge < -0.3 is 5.32 Å². The Hall–Kier alpha value is 0.110. The quantitative estimate of drug-likeness (QED) is 0.568. The zero-order valence-corrected chi connectivity index (χ0v) is 12.1. The molecule has 0 aliphatic carbocycles. The van der Waals surface area contributed by atoms with Gasteiger partial charge in [0.2, 0.25) is 0 Å². The molecule has 0 saturated carbocycles. The molecule has 0 bridgehead atoms. The van der Waals surface area contributed by atoms with Crippen LogP contribution in [0.1, 0.15) is 58.8 Å². The van der Waals surface area contributed by atoms with Crippen molar-refractivity contribution >= 4 is 10.8 Å². The minimum absolute atomic E-state index is 0.331. The first-order valence-electron chi connectivity index (χ1n) is 6.71. The smallest absolute Gasteiger partial charge is 0.0329 e. The van der Waals surface area contributed by atoms with E-state index in [1.165, 1.54) is 38.5 Å². The Bertz CT molecular complexity index is 173. The highest BCUT2D eigenvalue weighted by Gasteiger charge is 2.04. The molecule has 1 N–H and O–H groups in total.